The summed E-state index contributed by atoms with van der Waals surface area (Å²) in [6.07, 6.45) is 2.12. The topological polar surface area (TPSA) is 109 Å². The summed E-state index contributed by atoms with van der Waals surface area (Å²) in [6.45, 7) is 2.62. The number of nitrogens with zero attached hydrogens (tertiary/aromatic N) is 1. The second kappa shape index (κ2) is 11.9. The minimum Gasteiger partial charge on any atom is -0.484 e. The molecule has 2 aromatic carbocycles. The second-order valence-electron chi connectivity index (χ2n) is 6.08. The van der Waals surface area contributed by atoms with Gasteiger partial charge in [-0.1, -0.05) is 49.4 Å². The predicted octanol–water partition coefficient (Wildman–Crippen LogP) is 1.36. The molecular formula is C21H24N4O4. The minimum absolute atomic E-state index is 0.123. The van der Waals surface area contributed by atoms with Crippen molar-refractivity contribution >= 4 is 23.9 Å². The molecule has 0 aliphatic rings. The van der Waals surface area contributed by atoms with Crippen LogP contribution >= 0.6 is 0 Å². The van der Waals surface area contributed by atoms with Gasteiger partial charge in [0, 0.05) is 13.1 Å². The Labute approximate surface area is 169 Å². The van der Waals surface area contributed by atoms with Gasteiger partial charge in [-0.05, 0) is 29.7 Å². The molecule has 152 valence electrons. The van der Waals surface area contributed by atoms with Gasteiger partial charge in [-0.25, -0.2) is 5.43 Å². The molecule has 0 saturated heterocycles. The number of hydrogen-bond acceptors (Lipinski definition) is 5. The monoisotopic (exact) mass is 396 g/mol. The maximum Gasteiger partial charge on any atom is 0.329 e. The summed E-state index contributed by atoms with van der Waals surface area (Å²) in [5, 5.41) is 8.98. The van der Waals surface area contributed by atoms with Crippen molar-refractivity contribution in [1.82, 2.24) is 16.1 Å². The molecule has 8 heteroatoms. The Bertz CT molecular complexity index is 853. The fourth-order valence-corrected chi connectivity index (χ4v) is 2.22. The summed E-state index contributed by atoms with van der Waals surface area (Å²) >= 11 is 0. The van der Waals surface area contributed by atoms with Crippen LogP contribution in [-0.4, -0.2) is 37.1 Å². The quantitative estimate of drug-likeness (QED) is 0.338. The first-order chi connectivity index (χ1) is 14.1. The number of hydrogen-bond donors (Lipinski definition) is 3. The molecule has 0 fully saturated rings. The Balaban J connectivity index is 1.77. The number of hydrazone groups is 1. The van der Waals surface area contributed by atoms with Gasteiger partial charge in [-0.3, -0.25) is 14.4 Å². The maximum atomic E-state index is 11.9. The van der Waals surface area contributed by atoms with Crippen molar-refractivity contribution in [2.45, 2.75) is 19.9 Å². The molecule has 3 N–H and O–H groups in total. The van der Waals surface area contributed by atoms with Crippen LogP contribution in [0.2, 0.25) is 0 Å². The summed E-state index contributed by atoms with van der Waals surface area (Å²) in [5.74, 6) is -1.33. The van der Waals surface area contributed by atoms with Crippen LogP contribution in [-0.2, 0) is 20.9 Å². The number of rotatable bonds is 9. The molecule has 0 aromatic heterocycles. The van der Waals surface area contributed by atoms with E-state index in [4.69, 9.17) is 4.74 Å². The summed E-state index contributed by atoms with van der Waals surface area (Å²) < 4.78 is 5.48. The van der Waals surface area contributed by atoms with Gasteiger partial charge in [0.25, 0.3) is 5.91 Å². The Kier molecular flexibility index (Phi) is 8.88. The lowest BCUT2D eigenvalue weighted by molar-refractivity contribution is -0.139. The third kappa shape index (κ3) is 8.25. The highest BCUT2D eigenvalue weighted by Crippen LogP contribution is 2.11. The van der Waals surface area contributed by atoms with Gasteiger partial charge in [-0.15, -0.1) is 0 Å². The standard InChI is InChI=1S/C21H24N4O4/c1-2-11-22-20(27)21(28)25-24-14-17-9-6-10-18(12-17)29-15-19(26)23-13-16-7-4-3-5-8-16/h3-10,12,14H,2,11,13,15H2,1H3,(H,22,27)(H,23,26)(H,25,28)/b24-14-. The fraction of sp³-hybridized carbons (Fsp3) is 0.238. The van der Waals surface area contributed by atoms with Crippen molar-refractivity contribution in [3.63, 3.8) is 0 Å². The van der Waals surface area contributed by atoms with E-state index in [2.05, 4.69) is 21.2 Å². The largest absolute Gasteiger partial charge is 0.484 e. The van der Waals surface area contributed by atoms with E-state index in [1.54, 1.807) is 24.3 Å². The van der Waals surface area contributed by atoms with Crippen molar-refractivity contribution in [1.29, 1.82) is 0 Å². The van der Waals surface area contributed by atoms with E-state index < -0.39 is 11.8 Å². The van der Waals surface area contributed by atoms with Crippen molar-refractivity contribution in [3.05, 3.63) is 65.7 Å². The van der Waals surface area contributed by atoms with E-state index in [1.165, 1.54) is 6.21 Å². The zero-order chi connectivity index (χ0) is 20.9. The molecule has 29 heavy (non-hydrogen) atoms. The average molecular weight is 396 g/mol. The molecule has 0 aliphatic heterocycles. The zero-order valence-corrected chi connectivity index (χ0v) is 16.2. The molecule has 0 atom stereocenters. The predicted molar refractivity (Wildman–Crippen MR) is 109 cm³/mol. The highest BCUT2D eigenvalue weighted by molar-refractivity contribution is 6.35. The molecule has 2 rings (SSSR count). The van der Waals surface area contributed by atoms with E-state index in [0.29, 0.717) is 24.4 Å². The molecule has 0 aliphatic carbocycles. The van der Waals surface area contributed by atoms with Crippen LogP contribution in [0.15, 0.2) is 59.7 Å². The Morgan fingerprint density at radius 1 is 1.00 bits per heavy atom. The second-order valence-corrected chi connectivity index (χ2v) is 6.08. The lowest BCUT2D eigenvalue weighted by atomic mass is 10.2. The minimum atomic E-state index is -0.836. The Morgan fingerprint density at radius 2 is 1.79 bits per heavy atom. The van der Waals surface area contributed by atoms with E-state index >= 15 is 0 Å². The number of ether oxygens (including phenoxy) is 1. The SMILES string of the molecule is CCCNC(=O)C(=O)N/N=C\c1cccc(OCC(=O)NCc2ccccc2)c1. The molecule has 0 heterocycles. The van der Waals surface area contributed by atoms with Gasteiger partial charge in [0.2, 0.25) is 0 Å². The molecule has 0 unspecified atom stereocenters. The molecule has 0 saturated carbocycles. The maximum absolute atomic E-state index is 11.9. The number of carbonyl (C=O) groups excluding carboxylic acids is 3. The van der Waals surface area contributed by atoms with Gasteiger partial charge >= 0.3 is 11.8 Å². The zero-order valence-electron chi connectivity index (χ0n) is 16.2. The number of benzene rings is 2. The van der Waals surface area contributed by atoms with Crippen molar-refractivity contribution in [2.24, 2.45) is 5.10 Å². The van der Waals surface area contributed by atoms with E-state index in [0.717, 1.165) is 12.0 Å². The van der Waals surface area contributed by atoms with E-state index in [9.17, 15) is 14.4 Å². The lowest BCUT2D eigenvalue weighted by Gasteiger charge is -2.08. The van der Waals surface area contributed by atoms with Crippen LogP contribution in [0, 0.1) is 0 Å². The molecular weight excluding hydrogens is 372 g/mol. The van der Waals surface area contributed by atoms with Gasteiger partial charge in [-0.2, -0.15) is 5.10 Å². The van der Waals surface area contributed by atoms with Crippen LogP contribution in [0.3, 0.4) is 0 Å². The summed E-state index contributed by atoms with van der Waals surface area (Å²) in [6, 6.07) is 16.4. The first-order valence-corrected chi connectivity index (χ1v) is 9.23. The third-order valence-electron chi connectivity index (χ3n) is 3.68. The van der Waals surface area contributed by atoms with Crippen LogP contribution in [0.5, 0.6) is 5.75 Å². The summed E-state index contributed by atoms with van der Waals surface area (Å²) in [7, 11) is 0. The normalized spacial score (nSPS) is 10.4. The molecule has 0 radical (unpaired) electrons. The Hall–Kier alpha value is -3.68. The molecule has 2 aromatic rings. The molecule has 3 amide bonds. The van der Waals surface area contributed by atoms with E-state index in [-0.39, 0.29) is 12.5 Å². The molecule has 0 bridgehead atoms. The van der Waals surface area contributed by atoms with Crippen LogP contribution in [0.1, 0.15) is 24.5 Å². The third-order valence-corrected chi connectivity index (χ3v) is 3.68. The van der Waals surface area contributed by atoms with Crippen molar-refractivity contribution in [3.8, 4) is 5.75 Å². The van der Waals surface area contributed by atoms with Crippen LogP contribution < -0.4 is 20.8 Å². The highest BCUT2D eigenvalue weighted by atomic mass is 16.5. The average Bonchev–Trinajstić information content (AvgIpc) is 2.75. The van der Waals surface area contributed by atoms with Crippen molar-refractivity contribution < 1.29 is 19.1 Å². The number of amides is 3. The molecule has 0 spiro atoms. The van der Waals surface area contributed by atoms with Crippen molar-refractivity contribution in [2.75, 3.05) is 13.2 Å². The molecule has 8 nitrogen and oxygen atoms in total. The van der Waals surface area contributed by atoms with Gasteiger partial charge in [0.1, 0.15) is 5.75 Å². The Morgan fingerprint density at radius 3 is 2.55 bits per heavy atom. The highest BCUT2D eigenvalue weighted by Gasteiger charge is 2.10. The number of carbonyl (C=O) groups is 3. The first kappa shape index (κ1) is 21.6. The van der Waals surface area contributed by atoms with Crippen LogP contribution in [0.25, 0.3) is 0 Å². The van der Waals surface area contributed by atoms with Gasteiger partial charge < -0.3 is 15.4 Å². The first-order valence-electron chi connectivity index (χ1n) is 9.23. The summed E-state index contributed by atoms with van der Waals surface area (Å²) in [4.78, 5) is 34.9. The summed E-state index contributed by atoms with van der Waals surface area (Å²) in [5.41, 5.74) is 3.80. The number of nitrogens with one attached hydrogen (secondary N) is 3. The van der Waals surface area contributed by atoms with Crippen LogP contribution in [0.4, 0.5) is 0 Å². The van der Waals surface area contributed by atoms with Gasteiger partial charge in [0.05, 0.1) is 6.21 Å². The lowest BCUT2D eigenvalue weighted by Crippen LogP contribution is -2.38. The fourth-order valence-electron chi connectivity index (χ4n) is 2.22. The van der Waals surface area contributed by atoms with Gasteiger partial charge in [0.15, 0.2) is 6.61 Å². The smallest absolute Gasteiger partial charge is 0.329 e. The van der Waals surface area contributed by atoms with E-state index in [1.807, 2.05) is 37.3 Å².